The lowest BCUT2D eigenvalue weighted by Gasteiger charge is -2.15. The molecule has 0 saturated heterocycles. The van der Waals surface area contributed by atoms with Gasteiger partial charge in [0, 0.05) is 111 Å². The summed E-state index contributed by atoms with van der Waals surface area (Å²) < 4.78 is 7.71. The summed E-state index contributed by atoms with van der Waals surface area (Å²) in [4.78, 5) is 88.4. The molecule has 0 aliphatic heterocycles. The molecule has 0 unspecified atom stereocenters. The summed E-state index contributed by atoms with van der Waals surface area (Å²) >= 11 is 8.11. The van der Waals surface area contributed by atoms with Crippen LogP contribution in [0.15, 0.2) is 194 Å². The van der Waals surface area contributed by atoms with Crippen LogP contribution >= 0.6 is 22.9 Å². The molecule has 22 heteroatoms. The molecule has 14 aromatic rings. The molecule has 0 amide bonds. The van der Waals surface area contributed by atoms with Gasteiger partial charge in [0.2, 0.25) is 0 Å². The van der Waals surface area contributed by atoms with Gasteiger partial charge >= 0.3 is 0 Å². The van der Waals surface area contributed by atoms with Gasteiger partial charge < -0.3 is 41.0 Å². The van der Waals surface area contributed by atoms with Crippen molar-refractivity contribution in [3.63, 3.8) is 0 Å². The first-order valence-electron chi connectivity index (χ1n) is 42.1. The zero-order valence-corrected chi connectivity index (χ0v) is 78.5. The van der Waals surface area contributed by atoms with Crippen molar-refractivity contribution in [1.29, 1.82) is 0 Å². The Morgan fingerprint density at radius 2 is 0.975 bits per heavy atom. The van der Waals surface area contributed by atoms with E-state index in [2.05, 4.69) is 186 Å². The van der Waals surface area contributed by atoms with Crippen LogP contribution in [-0.2, 0) is 0 Å². The SMILES string of the molecule is CC(C)C.CC(C)C.CC(C)C.CC(C)C.Cc1ccc2c(=O)cc(-c3nc(C(C)C)cs3)[nH]c2c1.Cc1ccc2c(=O)cc(-c3nccc(C)n3)[nH]c2c1.Cc1ccc2c(=O)cc(-n3ccc(NC(C)C)n3)[nH]c2c1.Cc1ccc2c(=O)cc(C(N)=CC=NC(C)C)[nH]c2c1.Cc1ccc2c(OC(C)C)cc(-c3cccc(NC(C)C)n3)nc2c1Cl. The van der Waals surface area contributed by atoms with Crippen LogP contribution in [0, 0.1) is 65.2 Å². The predicted octanol–water partition coefficient (Wildman–Crippen LogP) is 24.7. The van der Waals surface area contributed by atoms with Gasteiger partial charge in [-0.1, -0.05) is 145 Å². The van der Waals surface area contributed by atoms with Crippen LogP contribution in [0.3, 0.4) is 0 Å². The first kappa shape index (κ1) is 99.1. The number of thiazole rings is 1. The second-order valence-electron chi connectivity index (χ2n) is 34.5. The maximum atomic E-state index is 12.2. The molecular formula is C100H130ClN15O5S. The smallest absolute Gasteiger partial charge is 0.191 e. The van der Waals surface area contributed by atoms with E-state index in [1.54, 1.807) is 52.7 Å². The Bertz CT molecular complexity index is 6020. The number of benzene rings is 5. The number of nitrogens with two attached hydrogens (primary N) is 1. The summed E-state index contributed by atoms with van der Waals surface area (Å²) in [6.07, 6.45) is 6.94. The van der Waals surface area contributed by atoms with Crippen molar-refractivity contribution in [2.75, 3.05) is 10.6 Å². The van der Waals surface area contributed by atoms with Gasteiger partial charge in [0.15, 0.2) is 27.5 Å². The van der Waals surface area contributed by atoms with Crippen LogP contribution in [0.4, 0.5) is 11.6 Å². The third-order valence-corrected chi connectivity index (χ3v) is 17.8. The number of pyridine rings is 6. The molecule has 9 aromatic heterocycles. The summed E-state index contributed by atoms with van der Waals surface area (Å²) in [6, 6.07) is 45.6. The zero-order chi connectivity index (χ0) is 90.5. The minimum atomic E-state index is -0.0362. The largest absolute Gasteiger partial charge is 0.490 e. The van der Waals surface area contributed by atoms with Crippen molar-refractivity contribution in [1.82, 2.24) is 54.6 Å². The van der Waals surface area contributed by atoms with Crippen LogP contribution in [0.1, 0.15) is 203 Å². The van der Waals surface area contributed by atoms with Gasteiger partial charge in [0.05, 0.1) is 78.6 Å². The van der Waals surface area contributed by atoms with E-state index in [0.717, 1.165) is 141 Å². The molecule has 0 fully saturated rings. The lowest BCUT2D eigenvalue weighted by molar-refractivity contribution is 0.245. The van der Waals surface area contributed by atoms with Crippen molar-refractivity contribution in [3.05, 3.63) is 260 Å². The third-order valence-electron chi connectivity index (χ3n) is 16.4. The highest BCUT2D eigenvalue weighted by Gasteiger charge is 2.17. The Morgan fingerprint density at radius 3 is 1.47 bits per heavy atom. The van der Waals surface area contributed by atoms with Gasteiger partial charge in [-0.05, 0) is 233 Å². The van der Waals surface area contributed by atoms with Gasteiger partial charge in [0.1, 0.15) is 28.2 Å². The number of hydrogen-bond donors (Lipinski definition) is 7. The van der Waals surface area contributed by atoms with E-state index in [4.69, 9.17) is 32.0 Å². The molecule has 122 heavy (non-hydrogen) atoms. The topological polar surface area (TPSA) is 285 Å². The summed E-state index contributed by atoms with van der Waals surface area (Å²) in [6.45, 7) is 58.4. The molecule has 0 atom stereocenters. The first-order valence-corrected chi connectivity index (χ1v) is 43.3. The van der Waals surface area contributed by atoms with Crippen molar-refractivity contribution < 1.29 is 4.74 Å². The van der Waals surface area contributed by atoms with Crippen LogP contribution < -0.4 is 42.8 Å². The predicted molar refractivity (Wildman–Crippen MR) is 521 cm³/mol. The Hall–Kier alpha value is -11.7. The van der Waals surface area contributed by atoms with E-state index in [1.807, 2.05) is 197 Å². The Balaban J connectivity index is 0.000000226. The maximum Gasteiger partial charge on any atom is 0.191 e. The highest BCUT2D eigenvalue weighted by Crippen LogP contribution is 2.36. The maximum absolute atomic E-state index is 12.2. The van der Waals surface area contributed by atoms with Gasteiger partial charge in [0.25, 0.3) is 0 Å². The molecule has 14 rings (SSSR count). The van der Waals surface area contributed by atoms with Gasteiger partial charge in [-0.15, -0.1) is 16.4 Å². The molecule has 5 aromatic carbocycles. The third kappa shape index (κ3) is 32.0. The number of ether oxygens (including phenoxy) is 1. The standard InChI is InChI=1S/C21H24ClN3O.C16H18N4O.C16H19N3O.C16H16N2OS.C15H13N3O.4C4H10/c1-12(2)23-19-8-6-7-16(24-19)17-11-18(26-13(3)4)15-10-9-14(5)20(22)21(15)25-17;1-10(2)17-15-6-7-20(19-15)16-9-14(21)12-5-4-11(3)8-13(12)18-16;1-10(2)18-7-6-13(17)15-9-16(20)12-5-4-11(3)8-14(12)19-15;1-9(2)14-8-20-16(18-14)13-7-15(19)11-5-4-10(3)6-12(11)17-13;1-9-3-4-11-12(7-9)18-13(8-14(11)19)15-16-6-5-10(2)17-15;4*1-4(2)3/h6-13H,1-5H3,(H,23,24);4-10H,1-3H3,(H,17,19)(H,18,21);4-10H,17H2,1-3H3,(H,19,20);4-9H,1-3H3,(H,17,19);3-8H,1-2H3,(H,18,19);4*4H,1-3H3. The van der Waals surface area contributed by atoms with Gasteiger partial charge in [-0.2, -0.15) is 0 Å². The number of nitrogens with zero attached hydrogens (tertiary/aromatic N) is 8. The van der Waals surface area contributed by atoms with Crippen molar-refractivity contribution in [2.24, 2.45) is 34.4 Å². The molecule has 8 N–H and O–H groups in total. The molecule has 0 bridgehead atoms. The molecule has 0 aliphatic carbocycles. The fourth-order valence-electron chi connectivity index (χ4n) is 11.2. The second-order valence-corrected chi connectivity index (χ2v) is 35.7. The number of aromatic amines is 4. The summed E-state index contributed by atoms with van der Waals surface area (Å²) in [7, 11) is 0. The summed E-state index contributed by atoms with van der Waals surface area (Å²) in [5.74, 6) is 7.31. The molecule has 648 valence electrons. The van der Waals surface area contributed by atoms with E-state index in [0.29, 0.717) is 67.9 Å². The number of halogens is 1. The molecule has 0 radical (unpaired) electrons. The Morgan fingerprint density at radius 1 is 0.500 bits per heavy atom. The zero-order valence-electron chi connectivity index (χ0n) is 76.9. The molecular weight excluding hydrogens is 1560 g/mol. The summed E-state index contributed by atoms with van der Waals surface area (Å²) in [5.41, 5.74) is 21.4. The van der Waals surface area contributed by atoms with Crippen LogP contribution in [-0.4, -0.2) is 85.1 Å². The van der Waals surface area contributed by atoms with E-state index < -0.39 is 0 Å². The molecule has 0 aliphatic rings. The quantitative estimate of drug-likeness (QED) is 0.0499. The Labute approximate surface area is 730 Å². The number of nitrogens with one attached hydrogen (secondary N) is 6. The number of hydrogen-bond acceptors (Lipinski definition) is 16. The fourth-order valence-corrected chi connectivity index (χ4v) is 12.4. The fraction of sp³-hybridized carbons (Fsp3) is 0.370. The van der Waals surface area contributed by atoms with E-state index in [-0.39, 0.29) is 33.9 Å². The van der Waals surface area contributed by atoms with Crippen LogP contribution in [0.25, 0.3) is 99.6 Å². The van der Waals surface area contributed by atoms with Crippen LogP contribution in [0.5, 0.6) is 5.75 Å². The molecule has 0 spiro atoms. The minimum absolute atomic E-state index is 0.00683. The number of anilines is 2. The highest BCUT2D eigenvalue weighted by atomic mass is 35.5. The van der Waals surface area contributed by atoms with E-state index in [9.17, 15) is 19.2 Å². The second kappa shape index (κ2) is 47.5. The van der Waals surface area contributed by atoms with Gasteiger partial charge in [-0.25, -0.2) is 29.6 Å². The molecule has 20 nitrogen and oxygen atoms in total. The first-order chi connectivity index (χ1) is 57.4. The lowest BCUT2D eigenvalue weighted by Crippen LogP contribution is -2.11. The van der Waals surface area contributed by atoms with Gasteiger partial charge in [-0.3, -0.25) is 24.2 Å². The van der Waals surface area contributed by atoms with Crippen LogP contribution in [0.2, 0.25) is 5.02 Å². The number of aryl methyl sites for hydroxylation is 6. The van der Waals surface area contributed by atoms with Crippen molar-refractivity contribution in [2.45, 2.75) is 224 Å². The lowest BCUT2D eigenvalue weighted by atomic mass is 10.1. The monoisotopic (exact) mass is 1690 g/mol. The number of allylic oxidation sites excluding steroid dienone is 1. The summed E-state index contributed by atoms with van der Waals surface area (Å²) in [5, 5.41) is 18.2. The normalized spacial score (nSPS) is 11.2. The number of H-pyrrole nitrogens is 4. The average molecular weight is 1690 g/mol. The minimum Gasteiger partial charge on any atom is -0.490 e. The van der Waals surface area contributed by atoms with Crippen molar-refractivity contribution >= 4 is 101 Å². The number of rotatable bonds is 14. The number of aliphatic imine (C=N–C) groups is 1. The average Bonchev–Trinajstić information content (AvgIpc) is 0.894. The van der Waals surface area contributed by atoms with E-state index in [1.165, 1.54) is 6.07 Å². The highest BCUT2D eigenvalue weighted by molar-refractivity contribution is 7.13. The van der Waals surface area contributed by atoms with Crippen molar-refractivity contribution in [3.8, 4) is 45.2 Å². The molecule has 0 saturated carbocycles. The van der Waals surface area contributed by atoms with E-state index >= 15 is 0 Å². The molecule has 9 heterocycles. The Kier molecular flexibility index (Phi) is 38.6. The number of fused-ring (bicyclic) bond motifs is 5. The number of aromatic nitrogens is 11.